The summed E-state index contributed by atoms with van der Waals surface area (Å²) in [7, 11) is 0. The third-order valence-corrected chi connectivity index (χ3v) is 3.40. The van der Waals surface area contributed by atoms with Crippen molar-refractivity contribution in [2.75, 3.05) is 6.61 Å². The minimum Gasteiger partial charge on any atom is -0.479 e. The average Bonchev–Trinajstić information content (AvgIpc) is 2.54. The Morgan fingerprint density at radius 1 is 1.24 bits per heavy atom. The summed E-state index contributed by atoms with van der Waals surface area (Å²) in [5, 5.41) is -0.249. The predicted octanol–water partition coefficient (Wildman–Crippen LogP) is 4.75. The van der Waals surface area contributed by atoms with Gasteiger partial charge in [-0.15, -0.1) is 0 Å². The number of pyridine rings is 1. The van der Waals surface area contributed by atoms with Gasteiger partial charge in [0, 0.05) is 5.56 Å². The number of halogens is 4. The summed E-state index contributed by atoms with van der Waals surface area (Å²) in [6.45, 7) is 3.47. The van der Waals surface area contributed by atoms with Crippen molar-refractivity contribution in [1.29, 1.82) is 0 Å². The van der Waals surface area contributed by atoms with Crippen molar-refractivity contribution < 1.29 is 27.4 Å². The second kappa shape index (κ2) is 7.74. The fourth-order valence-corrected chi connectivity index (χ4v) is 2.23. The third kappa shape index (κ3) is 5.09. The molecule has 0 saturated carbocycles. The van der Waals surface area contributed by atoms with Crippen LogP contribution in [-0.4, -0.2) is 23.7 Å². The highest BCUT2D eigenvalue weighted by molar-refractivity contribution is 6.29. The molecule has 0 aliphatic carbocycles. The number of hydrogen-bond acceptors (Lipinski definition) is 4. The highest BCUT2D eigenvalue weighted by Gasteiger charge is 2.31. The standard InChI is InChI=1S/C17H15ClF3NO3/c1-3-24-16(23)10(2)25-13-6-4-11(5-7-13)14-8-12(17(19,20)21)9-15(18)22-14/h4-10H,3H2,1-2H3. The van der Waals surface area contributed by atoms with E-state index in [9.17, 15) is 18.0 Å². The Morgan fingerprint density at radius 2 is 1.88 bits per heavy atom. The summed E-state index contributed by atoms with van der Waals surface area (Å²) in [5.74, 6) is -0.125. The Morgan fingerprint density at radius 3 is 2.44 bits per heavy atom. The fraction of sp³-hybridized carbons (Fsp3) is 0.294. The Labute approximate surface area is 147 Å². The molecule has 0 amide bonds. The van der Waals surface area contributed by atoms with Gasteiger partial charge in [-0.25, -0.2) is 9.78 Å². The first-order valence-electron chi connectivity index (χ1n) is 7.39. The van der Waals surface area contributed by atoms with E-state index in [0.717, 1.165) is 12.1 Å². The topological polar surface area (TPSA) is 48.4 Å². The zero-order valence-electron chi connectivity index (χ0n) is 13.4. The number of ether oxygens (including phenoxy) is 2. The number of nitrogens with zero attached hydrogens (tertiary/aromatic N) is 1. The number of benzene rings is 1. The van der Waals surface area contributed by atoms with Crippen molar-refractivity contribution in [3.05, 3.63) is 47.1 Å². The molecule has 0 radical (unpaired) electrons. The first-order chi connectivity index (χ1) is 11.7. The van der Waals surface area contributed by atoms with Crippen molar-refractivity contribution in [2.24, 2.45) is 0 Å². The summed E-state index contributed by atoms with van der Waals surface area (Å²) in [6.07, 6.45) is -5.31. The van der Waals surface area contributed by atoms with Gasteiger partial charge in [0.05, 0.1) is 17.9 Å². The maximum absolute atomic E-state index is 12.9. The van der Waals surface area contributed by atoms with Gasteiger partial charge in [-0.3, -0.25) is 0 Å². The second-order valence-electron chi connectivity index (χ2n) is 5.10. The van der Waals surface area contributed by atoms with Crippen LogP contribution in [0.1, 0.15) is 19.4 Å². The van der Waals surface area contributed by atoms with E-state index in [1.54, 1.807) is 13.8 Å². The van der Waals surface area contributed by atoms with Crippen LogP contribution in [0.4, 0.5) is 13.2 Å². The number of esters is 1. The molecule has 0 saturated heterocycles. The minimum absolute atomic E-state index is 0.0878. The fourth-order valence-electron chi connectivity index (χ4n) is 2.02. The number of aromatic nitrogens is 1. The van der Waals surface area contributed by atoms with Crippen molar-refractivity contribution in [2.45, 2.75) is 26.1 Å². The lowest BCUT2D eigenvalue weighted by Gasteiger charge is -2.14. The smallest absolute Gasteiger partial charge is 0.416 e. The number of hydrogen-bond donors (Lipinski definition) is 0. The number of carbonyl (C=O) groups excluding carboxylic acids is 1. The molecule has 4 nitrogen and oxygen atoms in total. The average molecular weight is 374 g/mol. The number of rotatable bonds is 5. The quantitative estimate of drug-likeness (QED) is 0.560. The normalized spacial score (nSPS) is 12.6. The van der Waals surface area contributed by atoms with Gasteiger partial charge in [-0.1, -0.05) is 11.6 Å². The molecule has 0 fully saturated rings. The molecule has 1 unspecified atom stereocenters. The molecule has 1 heterocycles. The molecule has 1 aromatic heterocycles. The Hall–Kier alpha value is -2.28. The van der Waals surface area contributed by atoms with Crippen molar-refractivity contribution in [3.63, 3.8) is 0 Å². The van der Waals surface area contributed by atoms with Gasteiger partial charge in [0.25, 0.3) is 0 Å². The van der Waals surface area contributed by atoms with E-state index in [1.165, 1.54) is 24.3 Å². The first kappa shape index (κ1) is 19.1. The molecule has 1 aromatic carbocycles. The minimum atomic E-state index is -4.51. The molecule has 0 aliphatic rings. The van der Waals surface area contributed by atoms with Crippen molar-refractivity contribution in [1.82, 2.24) is 4.98 Å². The largest absolute Gasteiger partial charge is 0.479 e. The van der Waals surface area contributed by atoms with Gasteiger partial charge in [0.1, 0.15) is 10.9 Å². The lowest BCUT2D eigenvalue weighted by Crippen LogP contribution is -2.25. The van der Waals surface area contributed by atoms with Gasteiger partial charge in [-0.05, 0) is 50.2 Å². The highest BCUT2D eigenvalue weighted by atomic mass is 35.5. The number of carbonyl (C=O) groups is 1. The van der Waals surface area contributed by atoms with Crippen LogP contribution in [-0.2, 0) is 15.7 Å². The predicted molar refractivity (Wildman–Crippen MR) is 86.4 cm³/mol. The monoisotopic (exact) mass is 373 g/mol. The molecule has 2 aromatic rings. The zero-order chi connectivity index (χ0) is 18.6. The van der Waals surface area contributed by atoms with Crippen LogP contribution in [0.3, 0.4) is 0 Å². The Bertz CT molecular complexity index is 748. The SMILES string of the molecule is CCOC(=O)C(C)Oc1ccc(-c2cc(C(F)(F)F)cc(Cl)n2)cc1. The molecular weight excluding hydrogens is 359 g/mol. The maximum atomic E-state index is 12.9. The zero-order valence-corrected chi connectivity index (χ0v) is 14.2. The molecule has 1 atom stereocenters. The van der Waals surface area contributed by atoms with Crippen LogP contribution in [0.5, 0.6) is 5.75 Å². The van der Waals surface area contributed by atoms with Gasteiger partial charge < -0.3 is 9.47 Å². The summed E-state index contributed by atoms with van der Waals surface area (Å²) >= 11 is 5.68. The Balaban J connectivity index is 2.20. The van der Waals surface area contributed by atoms with Crippen LogP contribution >= 0.6 is 11.6 Å². The van der Waals surface area contributed by atoms with Crippen molar-refractivity contribution >= 4 is 17.6 Å². The molecule has 8 heteroatoms. The molecule has 0 bridgehead atoms. The summed E-state index contributed by atoms with van der Waals surface area (Å²) in [6, 6.07) is 7.81. The van der Waals surface area contributed by atoms with Crippen LogP contribution in [0.2, 0.25) is 5.15 Å². The van der Waals surface area contributed by atoms with E-state index in [0.29, 0.717) is 11.3 Å². The molecule has 0 aliphatic heterocycles. The molecule has 0 spiro atoms. The van der Waals surface area contributed by atoms with E-state index >= 15 is 0 Å². The molecule has 2 rings (SSSR count). The van der Waals surface area contributed by atoms with Crippen LogP contribution in [0, 0.1) is 0 Å². The van der Waals surface area contributed by atoms with E-state index in [4.69, 9.17) is 21.1 Å². The lowest BCUT2D eigenvalue weighted by atomic mass is 10.1. The van der Waals surface area contributed by atoms with Gasteiger partial charge in [0.2, 0.25) is 0 Å². The van der Waals surface area contributed by atoms with Gasteiger partial charge in [-0.2, -0.15) is 13.2 Å². The van der Waals surface area contributed by atoms with E-state index in [1.807, 2.05) is 0 Å². The molecule has 0 N–H and O–H groups in total. The maximum Gasteiger partial charge on any atom is 0.416 e. The first-order valence-corrected chi connectivity index (χ1v) is 7.77. The Kier molecular flexibility index (Phi) is 5.89. The summed E-state index contributed by atoms with van der Waals surface area (Å²) < 4.78 is 48.8. The summed E-state index contributed by atoms with van der Waals surface area (Å²) in [5.41, 5.74) is -0.354. The molecule has 25 heavy (non-hydrogen) atoms. The van der Waals surface area contributed by atoms with E-state index in [2.05, 4.69) is 4.98 Å². The van der Waals surface area contributed by atoms with Crippen LogP contribution in [0.15, 0.2) is 36.4 Å². The van der Waals surface area contributed by atoms with E-state index < -0.39 is 23.8 Å². The van der Waals surface area contributed by atoms with Gasteiger partial charge in [0.15, 0.2) is 6.10 Å². The number of alkyl halides is 3. The molecular formula is C17H15ClF3NO3. The molecule has 134 valence electrons. The van der Waals surface area contributed by atoms with Gasteiger partial charge >= 0.3 is 12.1 Å². The van der Waals surface area contributed by atoms with Crippen LogP contribution < -0.4 is 4.74 Å². The second-order valence-corrected chi connectivity index (χ2v) is 5.49. The third-order valence-electron chi connectivity index (χ3n) is 3.20. The highest BCUT2D eigenvalue weighted by Crippen LogP contribution is 2.33. The van der Waals surface area contributed by atoms with Crippen molar-refractivity contribution in [3.8, 4) is 17.0 Å². The lowest BCUT2D eigenvalue weighted by molar-refractivity contribution is -0.150. The van der Waals surface area contributed by atoms with Crippen LogP contribution in [0.25, 0.3) is 11.3 Å². The van der Waals surface area contributed by atoms with E-state index in [-0.39, 0.29) is 17.5 Å². The summed E-state index contributed by atoms with van der Waals surface area (Å²) in [4.78, 5) is 15.4.